The fraction of sp³-hybridized carbons (Fsp3) is 0.407. The van der Waals surface area contributed by atoms with Gasteiger partial charge in [-0.3, -0.25) is 9.36 Å². The Hall–Kier alpha value is -3.72. The van der Waals surface area contributed by atoms with Crippen LogP contribution < -0.4 is 21.1 Å². The molecule has 1 saturated heterocycles. The molecule has 1 aromatic carbocycles. The normalized spacial score (nSPS) is 16.6. The second-order valence-corrected chi connectivity index (χ2v) is 9.71. The molecule has 2 N–H and O–H groups in total. The molecule has 6 rings (SSSR count). The second kappa shape index (κ2) is 9.73. The molecule has 3 aromatic heterocycles. The molecule has 9 heteroatoms. The van der Waals surface area contributed by atoms with Crippen LogP contribution in [0.25, 0.3) is 11.0 Å². The Bertz CT molecular complexity index is 1410. The Kier molecular flexibility index (Phi) is 6.14. The molecule has 1 saturated carbocycles. The number of hydrogen-bond acceptors (Lipinski definition) is 8. The van der Waals surface area contributed by atoms with Gasteiger partial charge in [-0.05, 0) is 50.1 Å². The topological polar surface area (TPSA) is 101 Å². The third kappa shape index (κ3) is 4.58. The van der Waals surface area contributed by atoms with Crippen molar-refractivity contribution in [3.63, 3.8) is 0 Å². The van der Waals surface area contributed by atoms with Gasteiger partial charge >= 0.3 is 0 Å². The van der Waals surface area contributed by atoms with Gasteiger partial charge in [0.05, 0.1) is 12.6 Å². The summed E-state index contributed by atoms with van der Waals surface area (Å²) in [6.45, 7) is 5.89. The lowest BCUT2D eigenvalue weighted by Crippen LogP contribution is -2.43. The fourth-order valence-corrected chi connectivity index (χ4v) is 5.32. The number of anilines is 3. The summed E-state index contributed by atoms with van der Waals surface area (Å²) < 4.78 is 7.53. The lowest BCUT2D eigenvalue weighted by molar-refractivity contribution is 0.477. The first-order valence-corrected chi connectivity index (χ1v) is 12.8. The molecule has 0 atom stereocenters. The van der Waals surface area contributed by atoms with Crippen LogP contribution in [0.1, 0.15) is 48.9 Å². The molecule has 0 bridgehead atoms. The average Bonchev–Trinajstić information content (AvgIpc) is 3.58. The van der Waals surface area contributed by atoms with E-state index >= 15 is 0 Å². The number of benzene rings is 1. The molecule has 186 valence electrons. The van der Waals surface area contributed by atoms with Gasteiger partial charge in [-0.25, -0.2) is 9.97 Å². The van der Waals surface area contributed by atoms with Crippen LogP contribution >= 0.6 is 0 Å². The quantitative estimate of drug-likeness (QED) is 0.423. The van der Waals surface area contributed by atoms with Crippen molar-refractivity contribution in [2.45, 2.75) is 45.1 Å². The summed E-state index contributed by atoms with van der Waals surface area (Å²) in [7, 11) is 0. The van der Waals surface area contributed by atoms with E-state index in [9.17, 15) is 4.79 Å². The van der Waals surface area contributed by atoms with Gasteiger partial charge in [-0.2, -0.15) is 4.98 Å². The monoisotopic (exact) mass is 485 g/mol. The predicted octanol–water partition coefficient (Wildman–Crippen LogP) is 3.95. The van der Waals surface area contributed by atoms with Gasteiger partial charge in [0.1, 0.15) is 11.4 Å². The first kappa shape index (κ1) is 22.7. The van der Waals surface area contributed by atoms with Gasteiger partial charge < -0.3 is 20.0 Å². The summed E-state index contributed by atoms with van der Waals surface area (Å²) in [6.07, 6.45) is 8.05. The minimum absolute atomic E-state index is 0.0183. The molecular weight excluding hydrogens is 454 g/mol. The highest BCUT2D eigenvalue weighted by atomic mass is 16.4. The Morgan fingerprint density at radius 2 is 1.86 bits per heavy atom. The van der Waals surface area contributed by atoms with Crippen molar-refractivity contribution in [1.29, 1.82) is 0 Å². The SMILES string of the molecule is Cc1cnc(Cc2cc3cnc(Nc4ccc(N5CCNCC5)cc4)nc3n(C3CCCC3)c2=O)o1. The van der Waals surface area contributed by atoms with E-state index in [4.69, 9.17) is 9.40 Å². The molecule has 4 heterocycles. The van der Waals surface area contributed by atoms with Gasteiger partial charge in [0.25, 0.3) is 5.56 Å². The standard InChI is InChI=1S/C27H31N7O2/c1-18-16-29-24(36-18)15-19-14-20-17-30-27(32-25(20)34(26(19)35)23-4-2-3-5-23)31-21-6-8-22(9-7-21)33-12-10-28-11-13-33/h6-9,14,16-17,23,28H,2-5,10-13,15H2,1H3,(H,30,31,32). The number of rotatable bonds is 6. The number of aromatic nitrogens is 4. The largest absolute Gasteiger partial charge is 0.446 e. The summed E-state index contributed by atoms with van der Waals surface area (Å²) in [6, 6.07) is 10.4. The number of fused-ring (bicyclic) bond motifs is 1. The number of piperazine rings is 1. The zero-order valence-electron chi connectivity index (χ0n) is 20.5. The predicted molar refractivity (Wildman–Crippen MR) is 140 cm³/mol. The molecule has 9 nitrogen and oxygen atoms in total. The zero-order chi connectivity index (χ0) is 24.5. The smallest absolute Gasteiger partial charge is 0.256 e. The van der Waals surface area contributed by atoms with Crippen molar-refractivity contribution in [3.8, 4) is 0 Å². The summed E-state index contributed by atoms with van der Waals surface area (Å²) in [4.78, 5) is 29.7. The second-order valence-electron chi connectivity index (χ2n) is 9.71. The number of pyridine rings is 1. The summed E-state index contributed by atoms with van der Waals surface area (Å²) >= 11 is 0. The Morgan fingerprint density at radius 3 is 2.58 bits per heavy atom. The lowest BCUT2D eigenvalue weighted by atomic mass is 10.1. The third-order valence-corrected chi connectivity index (χ3v) is 7.15. The van der Waals surface area contributed by atoms with Crippen molar-refractivity contribution in [1.82, 2.24) is 24.8 Å². The van der Waals surface area contributed by atoms with E-state index in [1.54, 1.807) is 12.4 Å². The summed E-state index contributed by atoms with van der Waals surface area (Å²) in [5.74, 6) is 1.77. The van der Waals surface area contributed by atoms with Crippen molar-refractivity contribution >= 4 is 28.4 Å². The number of oxazole rings is 1. The van der Waals surface area contributed by atoms with E-state index in [1.165, 1.54) is 5.69 Å². The van der Waals surface area contributed by atoms with Gasteiger partial charge in [-0.1, -0.05) is 12.8 Å². The average molecular weight is 486 g/mol. The van der Waals surface area contributed by atoms with E-state index in [-0.39, 0.29) is 11.6 Å². The molecule has 0 spiro atoms. The summed E-state index contributed by atoms with van der Waals surface area (Å²) in [5, 5.41) is 7.56. The molecule has 36 heavy (non-hydrogen) atoms. The van der Waals surface area contributed by atoms with Crippen LogP contribution in [0.4, 0.5) is 17.3 Å². The molecule has 1 aliphatic carbocycles. The third-order valence-electron chi connectivity index (χ3n) is 7.15. The fourth-order valence-electron chi connectivity index (χ4n) is 5.32. The van der Waals surface area contributed by atoms with Crippen LogP contribution in [0.2, 0.25) is 0 Å². The Labute approximate surface area is 209 Å². The molecule has 2 aliphatic rings. The summed E-state index contributed by atoms with van der Waals surface area (Å²) in [5.41, 5.74) is 3.44. The van der Waals surface area contributed by atoms with Crippen LogP contribution in [-0.2, 0) is 6.42 Å². The van der Waals surface area contributed by atoms with E-state index in [1.807, 2.05) is 17.6 Å². The van der Waals surface area contributed by atoms with Gasteiger partial charge in [0.2, 0.25) is 5.95 Å². The maximum absolute atomic E-state index is 13.6. The molecule has 2 fully saturated rings. The van der Waals surface area contributed by atoms with Crippen molar-refractivity contribution < 1.29 is 4.42 Å². The van der Waals surface area contributed by atoms with E-state index in [0.29, 0.717) is 29.5 Å². The van der Waals surface area contributed by atoms with E-state index < -0.39 is 0 Å². The molecular formula is C27H31N7O2. The maximum Gasteiger partial charge on any atom is 0.256 e. The van der Waals surface area contributed by atoms with Gasteiger partial charge in [0, 0.05) is 60.7 Å². The number of aryl methyl sites for hydroxylation is 1. The van der Waals surface area contributed by atoms with Crippen molar-refractivity contribution in [2.24, 2.45) is 0 Å². The highest BCUT2D eigenvalue weighted by Gasteiger charge is 2.23. The number of nitrogens with zero attached hydrogens (tertiary/aromatic N) is 5. The molecule has 0 radical (unpaired) electrons. The van der Waals surface area contributed by atoms with Crippen LogP contribution in [-0.4, -0.2) is 45.7 Å². The van der Waals surface area contributed by atoms with Crippen LogP contribution in [0.3, 0.4) is 0 Å². The molecule has 0 unspecified atom stereocenters. The minimum Gasteiger partial charge on any atom is -0.446 e. The van der Waals surface area contributed by atoms with Crippen molar-refractivity contribution in [2.75, 3.05) is 36.4 Å². The first-order valence-electron chi connectivity index (χ1n) is 12.8. The Morgan fingerprint density at radius 1 is 1.08 bits per heavy atom. The van der Waals surface area contributed by atoms with E-state index in [2.05, 4.69) is 49.8 Å². The lowest BCUT2D eigenvalue weighted by Gasteiger charge is -2.29. The molecule has 1 aliphatic heterocycles. The van der Waals surface area contributed by atoms with Crippen LogP contribution in [0.15, 0.2) is 51.9 Å². The molecule has 4 aromatic rings. The number of hydrogen-bond donors (Lipinski definition) is 2. The first-order chi connectivity index (χ1) is 17.6. The Balaban J connectivity index is 1.32. The van der Waals surface area contributed by atoms with Crippen LogP contribution in [0.5, 0.6) is 0 Å². The molecule has 0 amide bonds. The van der Waals surface area contributed by atoms with E-state index in [0.717, 1.165) is 68.7 Å². The highest BCUT2D eigenvalue weighted by molar-refractivity contribution is 5.77. The highest BCUT2D eigenvalue weighted by Crippen LogP contribution is 2.31. The minimum atomic E-state index is -0.0183. The van der Waals surface area contributed by atoms with Crippen molar-refractivity contribution in [3.05, 3.63) is 70.3 Å². The van der Waals surface area contributed by atoms with Gasteiger partial charge in [0.15, 0.2) is 5.89 Å². The number of nitrogens with one attached hydrogen (secondary N) is 2. The maximum atomic E-state index is 13.6. The van der Waals surface area contributed by atoms with Gasteiger partial charge in [-0.15, -0.1) is 0 Å². The zero-order valence-corrected chi connectivity index (χ0v) is 20.5. The van der Waals surface area contributed by atoms with Crippen LogP contribution in [0, 0.1) is 6.92 Å².